The van der Waals surface area contributed by atoms with Crippen LogP contribution in [0, 0.1) is 6.92 Å². The van der Waals surface area contributed by atoms with E-state index in [0.717, 1.165) is 9.35 Å². The van der Waals surface area contributed by atoms with Crippen molar-refractivity contribution in [1.29, 1.82) is 0 Å². The molecule has 0 bridgehead atoms. The molecule has 1 aromatic rings. The van der Waals surface area contributed by atoms with E-state index in [2.05, 4.69) is 21.2 Å². The summed E-state index contributed by atoms with van der Waals surface area (Å²) in [6, 6.07) is 1.78. The Morgan fingerprint density at radius 1 is 1.53 bits per heavy atom. The van der Waals surface area contributed by atoms with Crippen LogP contribution >= 0.6 is 27.3 Å². The number of carbonyl (C=O) groups is 1. The molecular formula is C10H14BrNO3S2. The summed E-state index contributed by atoms with van der Waals surface area (Å²) in [4.78, 5) is 12.3. The van der Waals surface area contributed by atoms with Crippen molar-refractivity contribution in [3.63, 3.8) is 0 Å². The molecule has 0 aliphatic rings. The lowest BCUT2D eigenvalue weighted by Gasteiger charge is -2.03. The summed E-state index contributed by atoms with van der Waals surface area (Å²) in [5, 5.41) is 2.60. The van der Waals surface area contributed by atoms with Crippen LogP contribution in [-0.2, 0) is 9.84 Å². The van der Waals surface area contributed by atoms with Crippen LogP contribution in [0.2, 0.25) is 0 Å². The maximum absolute atomic E-state index is 11.7. The first-order valence-corrected chi connectivity index (χ1v) is 8.53. The summed E-state index contributed by atoms with van der Waals surface area (Å²) in [6.45, 7) is 3.65. The summed E-state index contributed by atoms with van der Waals surface area (Å²) in [6.07, 6.45) is 0. The molecule has 1 heterocycles. The van der Waals surface area contributed by atoms with E-state index in [9.17, 15) is 13.2 Å². The summed E-state index contributed by atoms with van der Waals surface area (Å²) in [7, 11) is -3.02. The highest BCUT2D eigenvalue weighted by Crippen LogP contribution is 2.27. The molecule has 0 aliphatic carbocycles. The zero-order valence-corrected chi connectivity index (χ0v) is 12.8. The Hall–Kier alpha value is -0.400. The van der Waals surface area contributed by atoms with Gasteiger partial charge in [0, 0.05) is 12.3 Å². The van der Waals surface area contributed by atoms with E-state index in [1.54, 1.807) is 13.0 Å². The molecule has 96 valence electrons. The zero-order valence-electron chi connectivity index (χ0n) is 9.62. The summed E-state index contributed by atoms with van der Waals surface area (Å²) >= 11 is 4.68. The molecule has 0 fully saturated rings. The molecule has 1 aromatic heterocycles. The fourth-order valence-electron chi connectivity index (χ4n) is 1.12. The number of halogens is 1. The SMILES string of the molecule is CCS(=O)(=O)CCNC(=O)c1cc(C)c(Br)s1. The minimum atomic E-state index is -3.02. The molecule has 17 heavy (non-hydrogen) atoms. The van der Waals surface area contributed by atoms with Gasteiger partial charge >= 0.3 is 0 Å². The van der Waals surface area contributed by atoms with Gasteiger partial charge in [-0.05, 0) is 34.5 Å². The average Bonchev–Trinajstić information content (AvgIpc) is 2.59. The van der Waals surface area contributed by atoms with E-state index in [-0.39, 0.29) is 24.0 Å². The monoisotopic (exact) mass is 339 g/mol. The molecule has 0 aromatic carbocycles. The van der Waals surface area contributed by atoms with Crippen LogP contribution < -0.4 is 5.32 Å². The van der Waals surface area contributed by atoms with E-state index in [1.807, 2.05) is 6.92 Å². The molecule has 1 amide bonds. The first-order chi connectivity index (χ1) is 7.85. The number of amides is 1. The number of nitrogens with one attached hydrogen (secondary N) is 1. The maximum atomic E-state index is 11.7. The van der Waals surface area contributed by atoms with Gasteiger partial charge in [-0.25, -0.2) is 8.42 Å². The van der Waals surface area contributed by atoms with Gasteiger partial charge in [-0.2, -0.15) is 0 Å². The molecule has 0 saturated carbocycles. The van der Waals surface area contributed by atoms with E-state index in [0.29, 0.717) is 4.88 Å². The number of aryl methyl sites for hydroxylation is 1. The predicted octanol–water partition coefficient (Wildman–Crippen LogP) is 1.98. The van der Waals surface area contributed by atoms with Gasteiger partial charge in [-0.1, -0.05) is 6.92 Å². The number of carbonyl (C=O) groups excluding carboxylic acids is 1. The Labute approximate surface area is 113 Å². The molecular weight excluding hydrogens is 326 g/mol. The van der Waals surface area contributed by atoms with Crippen molar-refractivity contribution in [2.45, 2.75) is 13.8 Å². The van der Waals surface area contributed by atoms with Crippen molar-refractivity contribution in [2.24, 2.45) is 0 Å². The quantitative estimate of drug-likeness (QED) is 0.892. The Morgan fingerprint density at radius 3 is 2.65 bits per heavy atom. The maximum Gasteiger partial charge on any atom is 0.261 e. The second-order valence-electron chi connectivity index (χ2n) is 3.56. The van der Waals surface area contributed by atoms with Crippen LogP contribution in [0.1, 0.15) is 22.2 Å². The van der Waals surface area contributed by atoms with Gasteiger partial charge in [-0.3, -0.25) is 4.79 Å². The lowest BCUT2D eigenvalue weighted by molar-refractivity contribution is 0.0960. The van der Waals surface area contributed by atoms with Crippen LogP contribution in [0.15, 0.2) is 9.85 Å². The number of hydrogen-bond donors (Lipinski definition) is 1. The van der Waals surface area contributed by atoms with Gasteiger partial charge in [0.1, 0.15) is 0 Å². The standard InChI is InChI=1S/C10H14BrNO3S2/c1-3-17(14,15)5-4-12-10(13)8-6-7(2)9(11)16-8/h6H,3-5H2,1-2H3,(H,12,13). The number of rotatable bonds is 5. The smallest absolute Gasteiger partial charge is 0.261 e. The van der Waals surface area contributed by atoms with Gasteiger partial charge in [0.25, 0.3) is 5.91 Å². The molecule has 0 atom stereocenters. The minimum absolute atomic E-state index is 0.0131. The third-order valence-electron chi connectivity index (χ3n) is 2.22. The first-order valence-electron chi connectivity index (χ1n) is 5.10. The molecule has 0 aliphatic heterocycles. The van der Waals surface area contributed by atoms with Crippen LogP contribution in [0.25, 0.3) is 0 Å². The molecule has 1 rings (SSSR count). The summed E-state index contributed by atoms with van der Waals surface area (Å²) < 4.78 is 23.4. The van der Waals surface area contributed by atoms with Crippen molar-refractivity contribution >= 4 is 43.0 Å². The lowest BCUT2D eigenvalue weighted by Crippen LogP contribution is -2.29. The average molecular weight is 340 g/mol. The van der Waals surface area contributed by atoms with E-state index in [1.165, 1.54) is 11.3 Å². The van der Waals surface area contributed by atoms with Crippen molar-refractivity contribution in [1.82, 2.24) is 5.32 Å². The van der Waals surface area contributed by atoms with Crippen LogP contribution in [-0.4, -0.2) is 32.4 Å². The van der Waals surface area contributed by atoms with Gasteiger partial charge in [0.05, 0.1) is 14.4 Å². The molecule has 0 saturated heterocycles. The van der Waals surface area contributed by atoms with Crippen LogP contribution in [0.4, 0.5) is 0 Å². The summed E-state index contributed by atoms with van der Waals surface area (Å²) in [5.74, 6) is -0.136. The van der Waals surface area contributed by atoms with Crippen LogP contribution in [0.3, 0.4) is 0 Å². The summed E-state index contributed by atoms with van der Waals surface area (Å²) in [5.41, 5.74) is 1.00. The molecule has 1 N–H and O–H groups in total. The number of thiophene rings is 1. The van der Waals surface area contributed by atoms with Gasteiger partial charge in [-0.15, -0.1) is 11.3 Å². The highest BCUT2D eigenvalue weighted by molar-refractivity contribution is 9.11. The first kappa shape index (κ1) is 14.7. The van der Waals surface area contributed by atoms with Crippen molar-refractivity contribution in [3.05, 3.63) is 20.3 Å². The lowest BCUT2D eigenvalue weighted by atomic mass is 10.3. The molecule has 0 unspecified atom stereocenters. The zero-order chi connectivity index (χ0) is 13.1. The number of hydrogen-bond acceptors (Lipinski definition) is 4. The molecule has 0 radical (unpaired) electrons. The largest absolute Gasteiger partial charge is 0.350 e. The van der Waals surface area contributed by atoms with Crippen molar-refractivity contribution < 1.29 is 13.2 Å². The fraction of sp³-hybridized carbons (Fsp3) is 0.500. The topological polar surface area (TPSA) is 63.2 Å². The Morgan fingerprint density at radius 2 is 2.18 bits per heavy atom. The highest BCUT2D eigenvalue weighted by atomic mass is 79.9. The van der Waals surface area contributed by atoms with Crippen molar-refractivity contribution in [3.8, 4) is 0 Å². The van der Waals surface area contributed by atoms with E-state index >= 15 is 0 Å². The molecule has 7 heteroatoms. The molecule has 0 spiro atoms. The third-order valence-corrected chi connectivity index (χ3v) is 6.06. The van der Waals surface area contributed by atoms with E-state index in [4.69, 9.17) is 0 Å². The fourth-order valence-corrected chi connectivity index (χ4v) is 3.28. The second-order valence-corrected chi connectivity index (χ2v) is 8.40. The normalized spacial score (nSPS) is 11.5. The van der Waals surface area contributed by atoms with Gasteiger partial charge < -0.3 is 5.32 Å². The van der Waals surface area contributed by atoms with Crippen LogP contribution in [0.5, 0.6) is 0 Å². The Bertz CT molecular complexity index is 488. The van der Waals surface area contributed by atoms with E-state index < -0.39 is 9.84 Å². The Balaban J connectivity index is 2.51. The van der Waals surface area contributed by atoms with Crippen molar-refractivity contribution in [2.75, 3.05) is 18.1 Å². The highest BCUT2D eigenvalue weighted by Gasteiger charge is 2.12. The third kappa shape index (κ3) is 4.40. The number of sulfone groups is 1. The van der Waals surface area contributed by atoms with Gasteiger partial charge in [0.2, 0.25) is 0 Å². The second kappa shape index (κ2) is 5.97. The van der Waals surface area contributed by atoms with Gasteiger partial charge in [0.15, 0.2) is 9.84 Å². The minimum Gasteiger partial charge on any atom is -0.350 e. The predicted molar refractivity (Wildman–Crippen MR) is 73.4 cm³/mol. The molecule has 4 nitrogen and oxygen atoms in total. The Kier molecular flexibility index (Phi) is 5.15.